The molecule has 0 spiro atoms. The molecule has 16 heteroatoms. The number of aromatic nitrogens is 7. The fourth-order valence-electron chi connectivity index (χ4n) is 3.77. The molecule has 14 nitrogen and oxygen atoms in total. The molecule has 1 aliphatic heterocycles. The van der Waals surface area contributed by atoms with Gasteiger partial charge in [0.25, 0.3) is 0 Å². The monoisotopic (exact) mass is 540 g/mol. The molecule has 1 aliphatic rings. The highest BCUT2D eigenvalue weighted by atomic mass is 35.5. The predicted molar refractivity (Wildman–Crippen MR) is 127 cm³/mol. The molecule has 3 aromatic heterocycles. The standard InChI is InChI=1S/C20H25ClN8O6S/c1-11(15(32-2)16-22-8-12(21)9-23-16)36(30,31)28-20-27-26-17(13-6-5-7-35-13)29(20)14-18(33-3)24-10-25-19(14)34-4/h8-11,13,15H,5-7H2,1-4H3,(H,27,28)/t11-,13-,15-/m0/s1. The van der Waals surface area contributed by atoms with Crippen molar-refractivity contribution in [3.63, 3.8) is 0 Å². The summed E-state index contributed by atoms with van der Waals surface area (Å²) >= 11 is 5.86. The Balaban J connectivity index is 1.77. The minimum Gasteiger partial charge on any atom is -0.479 e. The summed E-state index contributed by atoms with van der Waals surface area (Å²) in [7, 11) is 0.0659. The number of rotatable bonds is 10. The molecular formula is C20H25ClN8O6S. The number of anilines is 1. The zero-order valence-corrected chi connectivity index (χ0v) is 21.5. The Bertz CT molecular complexity index is 1280. The predicted octanol–water partition coefficient (Wildman–Crippen LogP) is 1.89. The summed E-state index contributed by atoms with van der Waals surface area (Å²) in [4.78, 5) is 16.5. The van der Waals surface area contributed by atoms with Gasteiger partial charge >= 0.3 is 0 Å². The van der Waals surface area contributed by atoms with Gasteiger partial charge in [0.1, 0.15) is 23.8 Å². The fraction of sp³-hybridized carbons (Fsp3) is 0.500. The lowest BCUT2D eigenvalue weighted by Crippen LogP contribution is -2.33. The number of sulfonamides is 1. The summed E-state index contributed by atoms with van der Waals surface area (Å²) in [6.07, 6.45) is 4.03. The van der Waals surface area contributed by atoms with E-state index < -0.39 is 27.5 Å². The highest BCUT2D eigenvalue weighted by molar-refractivity contribution is 7.93. The van der Waals surface area contributed by atoms with Crippen molar-refractivity contribution in [2.24, 2.45) is 0 Å². The number of nitrogens with one attached hydrogen (secondary N) is 1. The molecule has 0 bridgehead atoms. The highest BCUT2D eigenvalue weighted by Gasteiger charge is 2.36. The number of methoxy groups -OCH3 is 3. The lowest BCUT2D eigenvalue weighted by molar-refractivity contribution is 0.0950. The summed E-state index contributed by atoms with van der Waals surface area (Å²) in [5.74, 6) is 0.609. The summed E-state index contributed by atoms with van der Waals surface area (Å²) in [5, 5.41) is 7.50. The number of nitrogens with zero attached hydrogens (tertiary/aromatic N) is 7. The van der Waals surface area contributed by atoms with Crippen molar-refractivity contribution in [3.8, 4) is 17.4 Å². The van der Waals surface area contributed by atoms with Crippen molar-refractivity contribution < 1.29 is 27.4 Å². The van der Waals surface area contributed by atoms with E-state index in [0.717, 1.165) is 6.42 Å². The first kappa shape index (κ1) is 25.9. The van der Waals surface area contributed by atoms with Gasteiger partial charge in [-0.05, 0) is 19.8 Å². The number of halogens is 1. The van der Waals surface area contributed by atoms with E-state index in [1.807, 2.05) is 0 Å². The van der Waals surface area contributed by atoms with Gasteiger partial charge in [0.15, 0.2) is 17.3 Å². The van der Waals surface area contributed by atoms with Crippen LogP contribution in [0.3, 0.4) is 0 Å². The van der Waals surface area contributed by atoms with Crippen LogP contribution in [0.4, 0.5) is 5.95 Å². The number of hydrogen-bond acceptors (Lipinski definition) is 12. The maximum Gasteiger partial charge on any atom is 0.245 e. The van der Waals surface area contributed by atoms with Gasteiger partial charge in [-0.2, -0.15) is 9.97 Å². The first-order valence-corrected chi connectivity index (χ1v) is 12.7. The van der Waals surface area contributed by atoms with Crippen molar-refractivity contribution >= 4 is 27.6 Å². The Morgan fingerprint density at radius 3 is 2.33 bits per heavy atom. The largest absolute Gasteiger partial charge is 0.479 e. The van der Waals surface area contributed by atoms with Crippen molar-refractivity contribution in [2.45, 2.75) is 37.2 Å². The molecule has 1 N–H and O–H groups in total. The molecule has 1 fully saturated rings. The Morgan fingerprint density at radius 1 is 1.11 bits per heavy atom. The molecule has 0 radical (unpaired) electrons. The lowest BCUT2D eigenvalue weighted by atomic mass is 10.2. The van der Waals surface area contributed by atoms with Crippen LogP contribution in [0.1, 0.15) is 43.6 Å². The third-order valence-electron chi connectivity index (χ3n) is 5.57. The molecule has 0 aliphatic carbocycles. The third kappa shape index (κ3) is 5.04. The van der Waals surface area contributed by atoms with Crippen LogP contribution >= 0.6 is 11.6 Å². The van der Waals surface area contributed by atoms with Crippen molar-refractivity contribution in [3.05, 3.63) is 35.4 Å². The van der Waals surface area contributed by atoms with E-state index in [2.05, 4.69) is 34.9 Å². The first-order valence-electron chi connectivity index (χ1n) is 10.8. The van der Waals surface area contributed by atoms with Crippen molar-refractivity contribution in [1.82, 2.24) is 34.7 Å². The van der Waals surface area contributed by atoms with Gasteiger partial charge in [0.05, 0.1) is 19.2 Å². The molecule has 4 rings (SSSR count). The van der Waals surface area contributed by atoms with E-state index in [-0.39, 0.29) is 29.2 Å². The second-order valence-corrected chi connectivity index (χ2v) is 10.2. The van der Waals surface area contributed by atoms with Gasteiger partial charge in [-0.15, -0.1) is 10.2 Å². The fourth-order valence-corrected chi connectivity index (χ4v) is 5.00. The van der Waals surface area contributed by atoms with E-state index >= 15 is 0 Å². The van der Waals surface area contributed by atoms with E-state index in [1.54, 1.807) is 0 Å². The molecule has 0 unspecified atom stereocenters. The third-order valence-corrected chi connectivity index (χ3v) is 7.46. The molecule has 3 aromatic rings. The van der Waals surface area contributed by atoms with Crippen LogP contribution in [-0.4, -0.2) is 76.3 Å². The average molecular weight is 541 g/mol. The zero-order chi connectivity index (χ0) is 25.9. The Morgan fingerprint density at radius 2 is 1.78 bits per heavy atom. The van der Waals surface area contributed by atoms with Crippen LogP contribution in [0, 0.1) is 0 Å². The van der Waals surface area contributed by atoms with Gasteiger partial charge in [-0.25, -0.2) is 18.4 Å². The number of hydrogen-bond donors (Lipinski definition) is 1. The first-order chi connectivity index (χ1) is 17.3. The zero-order valence-electron chi connectivity index (χ0n) is 20.0. The Hall–Kier alpha value is -3.14. The van der Waals surface area contributed by atoms with E-state index in [0.29, 0.717) is 23.9 Å². The van der Waals surface area contributed by atoms with E-state index in [9.17, 15) is 8.42 Å². The van der Waals surface area contributed by atoms with Crippen LogP contribution < -0.4 is 14.2 Å². The van der Waals surface area contributed by atoms with Crippen molar-refractivity contribution in [1.29, 1.82) is 0 Å². The molecule has 194 valence electrons. The summed E-state index contributed by atoms with van der Waals surface area (Å²) in [6, 6.07) is 0. The quantitative estimate of drug-likeness (QED) is 0.397. The topological polar surface area (TPSA) is 165 Å². The second kappa shape index (κ2) is 10.9. The molecule has 3 atom stereocenters. The maximum atomic E-state index is 13.5. The van der Waals surface area contributed by atoms with Crippen LogP contribution in [0.15, 0.2) is 18.7 Å². The summed E-state index contributed by atoms with van der Waals surface area (Å²) < 4.78 is 52.9. The van der Waals surface area contributed by atoms with Crippen LogP contribution in [0.5, 0.6) is 11.8 Å². The normalized spacial score (nSPS) is 17.5. The highest BCUT2D eigenvalue weighted by Crippen LogP contribution is 2.37. The van der Waals surface area contributed by atoms with Gasteiger partial charge in [0, 0.05) is 26.1 Å². The molecule has 1 saturated heterocycles. The molecule has 36 heavy (non-hydrogen) atoms. The Kier molecular flexibility index (Phi) is 7.82. The molecule has 0 amide bonds. The Labute approximate surface area is 212 Å². The molecular weight excluding hydrogens is 516 g/mol. The molecule has 4 heterocycles. The lowest BCUT2D eigenvalue weighted by Gasteiger charge is -2.22. The second-order valence-electron chi connectivity index (χ2n) is 7.73. The van der Waals surface area contributed by atoms with Crippen LogP contribution in [0.2, 0.25) is 5.02 Å². The van der Waals surface area contributed by atoms with Crippen LogP contribution in [-0.2, 0) is 19.5 Å². The van der Waals surface area contributed by atoms with Gasteiger partial charge in [-0.1, -0.05) is 11.6 Å². The molecule has 0 saturated carbocycles. The van der Waals surface area contributed by atoms with Crippen molar-refractivity contribution in [2.75, 3.05) is 32.7 Å². The van der Waals surface area contributed by atoms with Crippen LogP contribution in [0.25, 0.3) is 5.69 Å². The maximum absolute atomic E-state index is 13.5. The minimum absolute atomic E-state index is 0.124. The van der Waals surface area contributed by atoms with E-state index in [4.69, 9.17) is 30.5 Å². The van der Waals surface area contributed by atoms with Gasteiger partial charge < -0.3 is 18.9 Å². The SMILES string of the molecule is COc1ncnc(OC)c1-n1c(NS(=O)(=O)[C@@H](C)[C@H](OC)c2ncc(Cl)cn2)nnc1[C@@H]1CCCO1. The van der Waals surface area contributed by atoms with Gasteiger partial charge in [-0.3, -0.25) is 9.29 Å². The number of ether oxygens (including phenoxy) is 4. The minimum atomic E-state index is -4.14. The molecule has 0 aromatic carbocycles. The average Bonchev–Trinajstić information content (AvgIpc) is 3.54. The summed E-state index contributed by atoms with van der Waals surface area (Å²) in [5.41, 5.74) is 0.215. The van der Waals surface area contributed by atoms with E-state index in [1.165, 1.54) is 51.5 Å². The summed E-state index contributed by atoms with van der Waals surface area (Å²) in [6.45, 7) is 1.99. The van der Waals surface area contributed by atoms with Gasteiger partial charge in [0.2, 0.25) is 27.7 Å². The smallest absolute Gasteiger partial charge is 0.245 e.